The van der Waals surface area contributed by atoms with E-state index in [2.05, 4.69) is 23.7 Å². The van der Waals surface area contributed by atoms with Gasteiger partial charge in [0.15, 0.2) is 0 Å². The van der Waals surface area contributed by atoms with Crippen molar-refractivity contribution in [2.24, 2.45) is 5.41 Å². The molecule has 0 amide bonds. The van der Waals surface area contributed by atoms with Gasteiger partial charge in [-0.05, 0) is 67.5 Å². The summed E-state index contributed by atoms with van der Waals surface area (Å²) in [6.45, 7) is 10.5. The van der Waals surface area contributed by atoms with Crippen LogP contribution in [0.3, 0.4) is 0 Å². The standard InChI is InChI=1S/C33H37FN4O3/c1-22-28(21-29(39)40)31(37-17-14-33(3,4)15-18-37)30(32(36-22)38-19-16-35-23(38)2)25-7-11-27(12-8-25)41-20-13-24-5-9-26(34)10-6-24/h5-12,16,19H,13-15,17-18,20-21H2,1-4H3,(H,39,40). The van der Waals surface area contributed by atoms with Gasteiger partial charge in [0, 0.05) is 48.7 Å². The van der Waals surface area contributed by atoms with E-state index in [-0.39, 0.29) is 17.7 Å². The summed E-state index contributed by atoms with van der Waals surface area (Å²) in [6.07, 6.45) is 6.24. The lowest BCUT2D eigenvalue weighted by atomic mass is 9.82. The number of aliphatic carboxylic acids is 1. The first-order valence-electron chi connectivity index (χ1n) is 14.1. The number of nitrogens with zero attached hydrogens (tertiary/aromatic N) is 4. The van der Waals surface area contributed by atoms with E-state index in [1.807, 2.05) is 48.9 Å². The van der Waals surface area contributed by atoms with Gasteiger partial charge in [0.1, 0.15) is 23.2 Å². The van der Waals surface area contributed by atoms with Gasteiger partial charge in [-0.2, -0.15) is 0 Å². The molecule has 41 heavy (non-hydrogen) atoms. The van der Waals surface area contributed by atoms with Crippen molar-refractivity contribution < 1.29 is 19.0 Å². The number of rotatable bonds is 9. The Bertz CT molecular complexity index is 1520. The topological polar surface area (TPSA) is 80.5 Å². The Hall–Kier alpha value is -4.20. The predicted molar refractivity (Wildman–Crippen MR) is 158 cm³/mol. The van der Waals surface area contributed by atoms with E-state index >= 15 is 0 Å². The second-order valence-electron chi connectivity index (χ2n) is 11.5. The maximum absolute atomic E-state index is 13.2. The van der Waals surface area contributed by atoms with E-state index in [4.69, 9.17) is 9.72 Å². The second-order valence-corrected chi connectivity index (χ2v) is 11.5. The number of carboxylic acid groups (broad SMARTS) is 1. The van der Waals surface area contributed by atoms with Crippen molar-refractivity contribution in [3.05, 3.63) is 89.4 Å². The molecule has 0 atom stereocenters. The van der Waals surface area contributed by atoms with Crippen LogP contribution in [0, 0.1) is 25.1 Å². The van der Waals surface area contributed by atoms with Crippen LogP contribution in [0.4, 0.5) is 10.1 Å². The van der Waals surface area contributed by atoms with Crippen molar-refractivity contribution in [1.82, 2.24) is 14.5 Å². The zero-order chi connectivity index (χ0) is 29.1. The first-order valence-corrected chi connectivity index (χ1v) is 14.1. The minimum absolute atomic E-state index is 0.102. The molecule has 4 aromatic rings. The van der Waals surface area contributed by atoms with Crippen molar-refractivity contribution in [1.29, 1.82) is 0 Å². The summed E-state index contributed by atoms with van der Waals surface area (Å²) >= 11 is 0. The summed E-state index contributed by atoms with van der Waals surface area (Å²) < 4.78 is 21.2. The number of ether oxygens (including phenoxy) is 1. The Balaban J connectivity index is 1.55. The number of piperidine rings is 1. The predicted octanol–water partition coefficient (Wildman–Crippen LogP) is 6.57. The first kappa shape index (κ1) is 28.3. The van der Waals surface area contributed by atoms with Crippen molar-refractivity contribution >= 4 is 11.7 Å². The second kappa shape index (κ2) is 11.7. The minimum Gasteiger partial charge on any atom is -0.493 e. The Morgan fingerprint density at radius 2 is 1.73 bits per heavy atom. The van der Waals surface area contributed by atoms with Gasteiger partial charge in [-0.1, -0.05) is 38.1 Å². The molecule has 1 fully saturated rings. The van der Waals surface area contributed by atoms with Crippen molar-refractivity contribution in [2.45, 2.75) is 53.4 Å². The van der Waals surface area contributed by atoms with Crippen molar-refractivity contribution in [3.8, 4) is 22.7 Å². The van der Waals surface area contributed by atoms with Gasteiger partial charge in [-0.3, -0.25) is 9.36 Å². The Kier molecular flexibility index (Phi) is 8.10. The number of halogens is 1. The monoisotopic (exact) mass is 556 g/mol. The van der Waals surface area contributed by atoms with Crippen LogP contribution in [-0.4, -0.2) is 45.3 Å². The average Bonchev–Trinajstić information content (AvgIpc) is 3.37. The number of benzene rings is 2. The summed E-state index contributed by atoms with van der Waals surface area (Å²) in [5.41, 5.74) is 5.46. The smallest absolute Gasteiger partial charge is 0.307 e. The number of pyridine rings is 1. The SMILES string of the molecule is Cc1nc(-n2ccnc2C)c(-c2ccc(OCCc3ccc(F)cc3)cc2)c(N2CCC(C)(C)CC2)c1CC(=O)O. The lowest BCUT2D eigenvalue weighted by Crippen LogP contribution is -2.38. The molecule has 0 radical (unpaired) electrons. The molecule has 0 unspecified atom stereocenters. The van der Waals surface area contributed by atoms with E-state index < -0.39 is 5.97 Å². The third-order valence-electron chi connectivity index (χ3n) is 7.99. The number of aryl methyl sites for hydroxylation is 2. The van der Waals surface area contributed by atoms with E-state index in [0.29, 0.717) is 18.7 Å². The molecule has 0 saturated carbocycles. The zero-order valence-electron chi connectivity index (χ0n) is 24.2. The van der Waals surface area contributed by atoms with Gasteiger partial charge in [-0.15, -0.1) is 0 Å². The van der Waals surface area contributed by atoms with Crippen LogP contribution < -0.4 is 9.64 Å². The molecule has 1 aliphatic rings. The Morgan fingerprint density at radius 1 is 1.05 bits per heavy atom. The van der Waals surface area contributed by atoms with E-state index in [1.165, 1.54) is 12.1 Å². The first-order chi connectivity index (χ1) is 19.6. The van der Waals surface area contributed by atoms with E-state index in [9.17, 15) is 14.3 Å². The lowest BCUT2D eigenvalue weighted by Gasteiger charge is -2.40. The van der Waals surface area contributed by atoms with Gasteiger partial charge in [0.25, 0.3) is 0 Å². The normalized spacial score (nSPS) is 14.7. The molecule has 7 nitrogen and oxygen atoms in total. The van der Waals surface area contributed by atoms with Gasteiger partial charge < -0.3 is 14.7 Å². The molecular formula is C33H37FN4O3. The molecule has 0 bridgehead atoms. The summed E-state index contributed by atoms with van der Waals surface area (Å²) in [6, 6.07) is 14.3. The highest BCUT2D eigenvalue weighted by atomic mass is 19.1. The molecule has 8 heteroatoms. The fraction of sp³-hybridized carbons (Fsp3) is 0.364. The van der Waals surface area contributed by atoms with Gasteiger partial charge >= 0.3 is 5.97 Å². The van der Waals surface area contributed by atoms with Gasteiger partial charge in [-0.25, -0.2) is 14.4 Å². The molecule has 2 aromatic heterocycles. The van der Waals surface area contributed by atoms with Crippen LogP contribution in [0.5, 0.6) is 5.75 Å². The minimum atomic E-state index is -0.879. The fourth-order valence-electron chi connectivity index (χ4n) is 5.46. The number of aromatic nitrogens is 3. The maximum atomic E-state index is 13.2. The number of imidazole rings is 1. The zero-order valence-corrected chi connectivity index (χ0v) is 24.2. The number of hydrogen-bond donors (Lipinski definition) is 1. The molecule has 2 aromatic carbocycles. The summed E-state index contributed by atoms with van der Waals surface area (Å²) in [5.74, 6) is 1.13. The Labute approximate surface area is 240 Å². The number of anilines is 1. The van der Waals surface area contributed by atoms with Gasteiger partial charge in [0.05, 0.1) is 18.7 Å². The summed E-state index contributed by atoms with van der Waals surface area (Å²) in [5, 5.41) is 9.87. The van der Waals surface area contributed by atoms with Crippen molar-refractivity contribution in [2.75, 3.05) is 24.6 Å². The van der Waals surface area contributed by atoms with Crippen LogP contribution >= 0.6 is 0 Å². The van der Waals surface area contributed by atoms with E-state index in [1.54, 1.807) is 18.3 Å². The highest BCUT2D eigenvalue weighted by Crippen LogP contribution is 2.43. The van der Waals surface area contributed by atoms with Crippen LogP contribution in [0.2, 0.25) is 0 Å². The highest BCUT2D eigenvalue weighted by molar-refractivity contribution is 5.89. The van der Waals surface area contributed by atoms with Crippen LogP contribution in [-0.2, 0) is 17.6 Å². The molecule has 3 heterocycles. The summed E-state index contributed by atoms with van der Waals surface area (Å²) in [7, 11) is 0. The van der Waals surface area contributed by atoms with Gasteiger partial charge in [0.2, 0.25) is 0 Å². The third-order valence-corrected chi connectivity index (χ3v) is 7.99. The van der Waals surface area contributed by atoms with Crippen LogP contribution in [0.25, 0.3) is 16.9 Å². The molecule has 0 aliphatic carbocycles. The molecule has 1 aliphatic heterocycles. The molecular weight excluding hydrogens is 519 g/mol. The number of carbonyl (C=O) groups is 1. The highest BCUT2D eigenvalue weighted by Gasteiger charge is 2.31. The molecule has 5 rings (SSSR count). The Morgan fingerprint density at radius 3 is 2.34 bits per heavy atom. The molecule has 1 saturated heterocycles. The van der Waals surface area contributed by atoms with Crippen LogP contribution in [0.15, 0.2) is 60.9 Å². The lowest BCUT2D eigenvalue weighted by molar-refractivity contribution is -0.136. The third kappa shape index (κ3) is 6.42. The fourth-order valence-corrected chi connectivity index (χ4v) is 5.46. The number of carboxylic acids is 1. The maximum Gasteiger partial charge on any atom is 0.307 e. The van der Waals surface area contributed by atoms with Crippen molar-refractivity contribution in [3.63, 3.8) is 0 Å². The summed E-state index contributed by atoms with van der Waals surface area (Å²) in [4.78, 5) is 23.8. The molecule has 1 N–H and O–H groups in total. The quantitative estimate of drug-likeness (QED) is 0.251. The largest absolute Gasteiger partial charge is 0.493 e. The van der Waals surface area contributed by atoms with E-state index in [0.717, 1.165) is 71.3 Å². The molecule has 0 spiro atoms. The van der Waals surface area contributed by atoms with Crippen LogP contribution in [0.1, 0.15) is 49.3 Å². The number of hydrogen-bond acceptors (Lipinski definition) is 5. The molecule has 214 valence electrons. The average molecular weight is 557 g/mol.